The summed E-state index contributed by atoms with van der Waals surface area (Å²) in [5.41, 5.74) is 3.35. The minimum Gasteiger partial charge on any atom is -0.508 e. The van der Waals surface area contributed by atoms with Gasteiger partial charge in [-0.2, -0.15) is 6.42 Å². The van der Waals surface area contributed by atoms with E-state index in [0.29, 0.717) is 31.1 Å². The van der Waals surface area contributed by atoms with Crippen molar-refractivity contribution in [3.05, 3.63) is 73.5 Å². The van der Waals surface area contributed by atoms with Gasteiger partial charge in [-0.15, -0.1) is 6.54 Å². The number of nitrogens with one attached hydrogen (secondary N) is 1. The number of likely N-dealkylation sites (N-methyl/N-ethyl adjacent to an activating group) is 2. The fourth-order valence-electron chi connectivity index (χ4n) is 5.23. The Morgan fingerprint density at radius 3 is 2.33 bits per heavy atom. The molecule has 1 atom stereocenters. The molecule has 2 aromatic carbocycles. The maximum absolute atomic E-state index is 12.4. The summed E-state index contributed by atoms with van der Waals surface area (Å²) in [4.78, 5) is 41.7. The van der Waals surface area contributed by atoms with Crippen LogP contribution in [0.15, 0.2) is 48.5 Å². The predicted molar refractivity (Wildman–Crippen MR) is 173 cm³/mol. The number of hydrogen-bond acceptors (Lipinski definition) is 6. The van der Waals surface area contributed by atoms with Crippen LogP contribution in [0.5, 0.6) is 5.75 Å². The molecule has 0 saturated carbocycles. The second-order valence-corrected chi connectivity index (χ2v) is 10.4. The third-order valence-electron chi connectivity index (χ3n) is 7.58. The van der Waals surface area contributed by atoms with Crippen LogP contribution in [0.3, 0.4) is 0 Å². The van der Waals surface area contributed by atoms with Gasteiger partial charge in [0, 0.05) is 26.2 Å². The van der Waals surface area contributed by atoms with Crippen molar-refractivity contribution in [3.63, 3.8) is 0 Å². The average molecular weight is 714 g/mol. The Balaban J connectivity index is 0.00000126. The number of likely N-dealkylation sites (tertiary alicyclic amines) is 2. The van der Waals surface area contributed by atoms with Crippen LogP contribution < -0.4 is 79.1 Å². The van der Waals surface area contributed by atoms with Gasteiger partial charge in [-0.1, -0.05) is 38.1 Å². The quantitative estimate of drug-likeness (QED) is 0.306. The van der Waals surface area contributed by atoms with Gasteiger partial charge in [0.25, 0.3) is 0 Å². The van der Waals surface area contributed by atoms with Crippen LogP contribution in [0.4, 0.5) is 5.69 Å². The number of benzene rings is 2. The maximum atomic E-state index is 12.4. The number of carbonyl (C=O) groups excluding carboxylic acids is 3. The van der Waals surface area contributed by atoms with Crippen molar-refractivity contribution in [1.29, 1.82) is 0 Å². The topological polar surface area (TPSA) is 93.2 Å². The second-order valence-electron chi connectivity index (χ2n) is 10.4. The Hall–Kier alpha value is -1.34. The minimum atomic E-state index is -0.374. The number of rotatable bonds is 9. The molecule has 2 aromatic rings. The Bertz CT molecular complexity index is 1070. The third kappa shape index (κ3) is 14.1. The van der Waals surface area contributed by atoms with Crippen LogP contribution >= 0.6 is 0 Å². The fourth-order valence-corrected chi connectivity index (χ4v) is 5.23. The fraction of sp³-hybridized carbons (Fsp3) is 0.500. The Labute approximate surface area is 319 Å². The van der Waals surface area contributed by atoms with Crippen LogP contribution in [0, 0.1) is 20.8 Å². The molecule has 2 aliphatic rings. The van der Waals surface area contributed by atoms with Gasteiger partial charge in [0.2, 0.25) is 11.8 Å². The van der Waals surface area contributed by atoms with Gasteiger partial charge in [-0.3, -0.25) is 14.5 Å². The van der Waals surface area contributed by atoms with Gasteiger partial charge < -0.3 is 38.9 Å². The Morgan fingerprint density at radius 2 is 1.79 bits per heavy atom. The molecule has 9 heteroatoms. The van der Waals surface area contributed by atoms with E-state index in [9.17, 15) is 14.4 Å². The van der Waals surface area contributed by atoms with Crippen LogP contribution in [0.25, 0.3) is 0 Å². The number of carbonyl (C=O) groups is 3. The first-order chi connectivity index (χ1) is 19.8. The van der Waals surface area contributed by atoms with Crippen LogP contribution in [0.2, 0.25) is 0 Å². The number of aryl methyl sites for hydroxylation is 1. The van der Waals surface area contributed by atoms with Crippen LogP contribution in [-0.2, 0) is 14.4 Å². The summed E-state index contributed by atoms with van der Waals surface area (Å²) >= 11 is 0. The normalized spacial score (nSPS) is 15.2. The molecule has 0 aliphatic carbocycles. The zero-order chi connectivity index (χ0) is 30.2. The van der Waals surface area contributed by atoms with E-state index < -0.39 is 0 Å². The van der Waals surface area contributed by atoms with Crippen LogP contribution in [0.1, 0.15) is 63.0 Å². The van der Waals surface area contributed by atoms with E-state index >= 15 is 0 Å². The molecule has 4 rings (SSSR count). The van der Waals surface area contributed by atoms with E-state index in [4.69, 9.17) is 5.11 Å². The summed E-state index contributed by atoms with van der Waals surface area (Å²) in [6.45, 7) is 9.97. The molecule has 0 radical (unpaired) electrons. The number of hydrogen-bond donors (Lipinski definition) is 2. The third-order valence-corrected chi connectivity index (χ3v) is 7.58. The van der Waals surface area contributed by atoms with E-state index in [-0.39, 0.29) is 94.2 Å². The smallest absolute Gasteiger partial charge is 0.508 e. The van der Waals surface area contributed by atoms with E-state index in [1.54, 1.807) is 19.2 Å². The Kier molecular flexibility index (Phi) is 22.3. The molecule has 0 aromatic heterocycles. The maximum Gasteiger partial charge on any atom is 1.00 e. The molecule has 2 amide bonds. The van der Waals surface area contributed by atoms with Crippen molar-refractivity contribution in [1.82, 2.24) is 15.1 Å². The van der Waals surface area contributed by atoms with Gasteiger partial charge >= 0.3 is 68.9 Å². The summed E-state index contributed by atoms with van der Waals surface area (Å²) < 4.78 is 0. The van der Waals surface area contributed by atoms with Gasteiger partial charge in [0.05, 0.1) is 6.54 Å². The van der Waals surface area contributed by atoms with Crippen molar-refractivity contribution >= 4 is 23.8 Å². The molecule has 234 valence electrons. The predicted octanol–water partition coefficient (Wildman–Crippen LogP) is 2.01. The second kappa shape index (κ2) is 23.1. The number of anilines is 1. The number of aldehydes is 1. The molecule has 0 bridgehead atoms. The molecule has 2 fully saturated rings. The SMILES string of the molecule is CC.CNC(=O)C(CCC=O)N(C)c1cccc(C2CCN(CC(=O)N3C[CH-]CC3)CC2)c1.Cc1cccc(O)c1.[CH3-].[Cs+]. The first-order valence-corrected chi connectivity index (χ1v) is 14.9. The number of piperidine rings is 1. The van der Waals surface area contributed by atoms with Crippen LogP contribution in [-0.4, -0.2) is 85.9 Å². The number of aromatic hydroxyl groups is 1. The molecule has 2 aliphatic heterocycles. The van der Waals surface area contributed by atoms with Gasteiger partial charge in [-0.05, 0) is 87.1 Å². The van der Waals surface area contributed by atoms with Crippen molar-refractivity contribution in [2.24, 2.45) is 0 Å². The average Bonchev–Trinajstić information content (AvgIpc) is 3.54. The first kappa shape index (κ1) is 41.7. The Morgan fingerprint density at radius 1 is 1.12 bits per heavy atom. The monoisotopic (exact) mass is 713 g/mol. The van der Waals surface area contributed by atoms with Crippen molar-refractivity contribution < 1.29 is 88.4 Å². The van der Waals surface area contributed by atoms with Gasteiger partial charge in [0.15, 0.2) is 0 Å². The number of phenolic OH excluding ortho intramolecular Hbond substituents is 1. The summed E-state index contributed by atoms with van der Waals surface area (Å²) in [7, 11) is 3.54. The zero-order valence-corrected chi connectivity index (χ0v) is 33.8. The summed E-state index contributed by atoms with van der Waals surface area (Å²) in [6.07, 6.45) is 6.93. The summed E-state index contributed by atoms with van der Waals surface area (Å²) in [5, 5.41) is 11.5. The van der Waals surface area contributed by atoms with Crippen molar-refractivity contribution in [3.8, 4) is 5.75 Å². The molecule has 0 spiro atoms. The van der Waals surface area contributed by atoms with Gasteiger partial charge in [0.1, 0.15) is 18.1 Å². The van der Waals surface area contributed by atoms with E-state index in [0.717, 1.165) is 63.0 Å². The zero-order valence-electron chi connectivity index (χ0n) is 27.5. The number of phenols is 1. The van der Waals surface area contributed by atoms with Crippen molar-refractivity contribution in [2.75, 3.05) is 51.7 Å². The molecular formula is C34H52CsN4O4-. The molecule has 1 unspecified atom stereocenters. The van der Waals surface area contributed by atoms with Gasteiger partial charge in [-0.25, -0.2) is 0 Å². The molecule has 2 N–H and O–H groups in total. The molecular weight excluding hydrogens is 661 g/mol. The number of nitrogens with zero attached hydrogens (tertiary/aromatic N) is 3. The minimum absolute atomic E-state index is 0. The standard InChI is InChI=1S/C24H35N4O3.C7H8O.C2H6.CH3.Cs/c1-25-24(31)22(9-6-16-29)26(2)21-8-5-7-20(17-21)19-10-14-27(15-11-19)18-23(30)28-12-3-4-13-28;1-6-3-2-4-7(8)5-6;1-2;;/h3,5,7-8,16-17,19,22H,4,6,9-15,18H2,1-2H3,(H,25,31);2-5,8H,1H3;1-2H3;1H3;/q-1;;;-1;+1. The summed E-state index contributed by atoms with van der Waals surface area (Å²) in [5.74, 6) is 0.952. The molecule has 2 saturated heterocycles. The van der Waals surface area contributed by atoms with Crippen molar-refractivity contribution in [2.45, 2.75) is 64.8 Å². The first-order valence-electron chi connectivity index (χ1n) is 14.9. The van der Waals surface area contributed by atoms with E-state index in [2.05, 4.69) is 28.8 Å². The molecule has 2 heterocycles. The molecule has 43 heavy (non-hydrogen) atoms. The summed E-state index contributed by atoms with van der Waals surface area (Å²) in [6, 6.07) is 15.2. The molecule has 8 nitrogen and oxygen atoms in total. The van der Waals surface area contributed by atoms with E-state index in [1.807, 2.05) is 61.9 Å². The van der Waals surface area contributed by atoms with E-state index in [1.165, 1.54) is 5.56 Å². The largest absolute Gasteiger partial charge is 1.00 e. The number of amides is 2.